The van der Waals surface area contributed by atoms with Crippen molar-refractivity contribution in [1.82, 2.24) is 10.2 Å². The topological polar surface area (TPSA) is 111 Å². The second-order valence-corrected chi connectivity index (χ2v) is 5.23. The van der Waals surface area contributed by atoms with Crippen molar-refractivity contribution in [2.45, 2.75) is 20.3 Å². The van der Waals surface area contributed by atoms with E-state index in [-0.39, 0.29) is 16.9 Å². The lowest BCUT2D eigenvalue weighted by atomic mass is 10.2. The maximum atomic E-state index is 12.1. The number of carbonyl (C=O) groups is 1. The summed E-state index contributed by atoms with van der Waals surface area (Å²) in [6.45, 7) is 7.70. The standard InChI is InChI=1S/C17H23N5O3/c1-3-21(4-2)11-7-10-19-13-14(12-18)17(23)20-15-8-5-6-9-16(15)22(24)25/h5-6,8-9,13,19H,3-4,7,10-11H2,1-2H3,(H,20,23)/b14-13-. The fourth-order valence-electron chi connectivity index (χ4n) is 2.20. The van der Waals surface area contributed by atoms with Gasteiger partial charge < -0.3 is 15.5 Å². The van der Waals surface area contributed by atoms with E-state index in [0.717, 1.165) is 26.1 Å². The normalized spacial score (nSPS) is 11.0. The number of hydrogen-bond donors (Lipinski definition) is 2. The van der Waals surface area contributed by atoms with Gasteiger partial charge in [0.05, 0.1) is 4.92 Å². The molecule has 1 amide bonds. The molecule has 0 unspecified atom stereocenters. The highest BCUT2D eigenvalue weighted by Crippen LogP contribution is 2.23. The van der Waals surface area contributed by atoms with Crippen molar-refractivity contribution in [1.29, 1.82) is 5.26 Å². The number of nitro benzene ring substituents is 1. The summed E-state index contributed by atoms with van der Waals surface area (Å²) in [5.41, 5.74) is -0.304. The van der Waals surface area contributed by atoms with E-state index >= 15 is 0 Å². The molecule has 0 saturated heterocycles. The van der Waals surface area contributed by atoms with Crippen LogP contribution in [0.3, 0.4) is 0 Å². The highest BCUT2D eigenvalue weighted by atomic mass is 16.6. The van der Waals surface area contributed by atoms with Crippen LogP contribution in [-0.2, 0) is 4.79 Å². The largest absolute Gasteiger partial charge is 0.390 e. The lowest BCUT2D eigenvalue weighted by Crippen LogP contribution is -2.26. The number of rotatable bonds is 10. The Hall–Kier alpha value is -2.92. The van der Waals surface area contributed by atoms with E-state index in [1.54, 1.807) is 12.1 Å². The van der Waals surface area contributed by atoms with Gasteiger partial charge in [-0.2, -0.15) is 5.26 Å². The van der Waals surface area contributed by atoms with Crippen LogP contribution in [0.1, 0.15) is 20.3 Å². The molecule has 0 bridgehead atoms. The Balaban J connectivity index is 2.60. The quantitative estimate of drug-likeness (QED) is 0.221. The van der Waals surface area contributed by atoms with Gasteiger partial charge in [0, 0.05) is 18.8 Å². The first-order valence-electron chi connectivity index (χ1n) is 8.14. The zero-order chi connectivity index (χ0) is 18.7. The minimum Gasteiger partial charge on any atom is -0.390 e. The number of amides is 1. The summed E-state index contributed by atoms with van der Waals surface area (Å²) in [5.74, 6) is -0.687. The third kappa shape index (κ3) is 6.61. The molecule has 0 heterocycles. The molecule has 134 valence electrons. The third-order valence-electron chi connectivity index (χ3n) is 3.65. The maximum absolute atomic E-state index is 12.1. The highest BCUT2D eigenvalue weighted by Gasteiger charge is 2.16. The van der Waals surface area contributed by atoms with Crippen molar-refractivity contribution in [3.63, 3.8) is 0 Å². The molecular formula is C17H23N5O3. The van der Waals surface area contributed by atoms with Crippen LogP contribution in [-0.4, -0.2) is 41.9 Å². The predicted molar refractivity (Wildman–Crippen MR) is 95.8 cm³/mol. The van der Waals surface area contributed by atoms with Crippen molar-refractivity contribution < 1.29 is 9.72 Å². The van der Waals surface area contributed by atoms with E-state index in [2.05, 4.69) is 29.4 Å². The van der Waals surface area contributed by atoms with E-state index in [0.29, 0.717) is 6.54 Å². The number of benzene rings is 1. The molecule has 0 radical (unpaired) electrons. The minimum atomic E-state index is -0.687. The molecule has 0 atom stereocenters. The van der Waals surface area contributed by atoms with Gasteiger partial charge in [0.25, 0.3) is 11.6 Å². The Bertz CT molecular complexity index is 662. The van der Waals surface area contributed by atoms with Gasteiger partial charge in [-0.15, -0.1) is 0 Å². The molecule has 1 aromatic carbocycles. The average Bonchev–Trinajstić information content (AvgIpc) is 2.61. The SMILES string of the molecule is CCN(CC)CCCN/C=C(/C#N)C(=O)Nc1ccccc1[N+](=O)[O-]. The zero-order valence-corrected chi connectivity index (χ0v) is 14.5. The van der Waals surface area contributed by atoms with Gasteiger partial charge >= 0.3 is 0 Å². The summed E-state index contributed by atoms with van der Waals surface area (Å²) >= 11 is 0. The number of nitriles is 1. The molecule has 1 aromatic rings. The smallest absolute Gasteiger partial charge is 0.292 e. The Labute approximate surface area is 147 Å². The van der Waals surface area contributed by atoms with Crippen molar-refractivity contribution in [2.75, 3.05) is 31.5 Å². The number of para-hydroxylation sites is 2. The van der Waals surface area contributed by atoms with Crippen LogP contribution in [0.4, 0.5) is 11.4 Å². The van der Waals surface area contributed by atoms with Crippen molar-refractivity contribution >= 4 is 17.3 Å². The van der Waals surface area contributed by atoms with Gasteiger partial charge in [-0.1, -0.05) is 26.0 Å². The van der Waals surface area contributed by atoms with Crippen LogP contribution in [0.2, 0.25) is 0 Å². The molecule has 1 rings (SSSR count). The van der Waals surface area contributed by atoms with Crippen LogP contribution in [0.25, 0.3) is 0 Å². The molecule has 8 heteroatoms. The zero-order valence-electron chi connectivity index (χ0n) is 14.5. The van der Waals surface area contributed by atoms with Crippen LogP contribution in [0, 0.1) is 21.4 Å². The monoisotopic (exact) mass is 345 g/mol. The second kappa shape index (κ2) is 10.8. The molecule has 0 aliphatic heterocycles. The molecule has 0 saturated carbocycles. The fraction of sp³-hybridized carbons (Fsp3) is 0.412. The summed E-state index contributed by atoms with van der Waals surface area (Å²) in [4.78, 5) is 24.7. The highest BCUT2D eigenvalue weighted by molar-refractivity contribution is 6.07. The first-order valence-corrected chi connectivity index (χ1v) is 8.14. The third-order valence-corrected chi connectivity index (χ3v) is 3.65. The fourth-order valence-corrected chi connectivity index (χ4v) is 2.20. The molecule has 0 aliphatic carbocycles. The predicted octanol–water partition coefficient (Wildman–Crippen LogP) is 2.26. The van der Waals surface area contributed by atoms with Crippen LogP contribution in [0.15, 0.2) is 36.0 Å². The summed E-state index contributed by atoms with van der Waals surface area (Å²) in [6.07, 6.45) is 2.22. The Morgan fingerprint density at radius 2 is 2.04 bits per heavy atom. The summed E-state index contributed by atoms with van der Waals surface area (Å²) < 4.78 is 0. The van der Waals surface area contributed by atoms with E-state index in [1.165, 1.54) is 24.4 Å². The summed E-state index contributed by atoms with van der Waals surface area (Å²) in [7, 11) is 0. The Morgan fingerprint density at radius 3 is 2.64 bits per heavy atom. The van der Waals surface area contributed by atoms with E-state index < -0.39 is 10.8 Å². The number of carbonyl (C=O) groups excluding carboxylic acids is 1. The molecule has 0 aliphatic rings. The number of nitro groups is 1. The van der Waals surface area contributed by atoms with Crippen LogP contribution < -0.4 is 10.6 Å². The van der Waals surface area contributed by atoms with E-state index in [9.17, 15) is 14.9 Å². The molecule has 8 nitrogen and oxygen atoms in total. The van der Waals surface area contributed by atoms with Crippen LogP contribution >= 0.6 is 0 Å². The van der Waals surface area contributed by atoms with Gasteiger partial charge in [0.15, 0.2) is 0 Å². The van der Waals surface area contributed by atoms with Gasteiger partial charge in [-0.3, -0.25) is 14.9 Å². The first kappa shape index (κ1) is 20.1. The maximum Gasteiger partial charge on any atom is 0.292 e. The van der Waals surface area contributed by atoms with Gasteiger partial charge in [-0.05, 0) is 32.1 Å². The summed E-state index contributed by atoms with van der Waals surface area (Å²) in [6, 6.07) is 7.59. The number of hydrogen-bond acceptors (Lipinski definition) is 6. The number of anilines is 1. The number of nitrogens with one attached hydrogen (secondary N) is 2. The van der Waals surface area contributed by atoms with Gasteiger partial charge in [0.1, 0.15) is 17.3 Å². The first-order chi connectivity index (χ1) is 12.0. The van der Waals surface area contributed by atoms with Gasteiger partial charge in [0.2, 0.25) is 0 Å². The van der Waals surface area contributed by atoms with Gasteiger partial charge in [-0.25, -0.2) is 0 Å². The lowest BCUT2D eigenvalue weighted by Gasteiger charge is -2.17. The lowest BCUT2D eigenvalue weighted by molar-refractivity contribution is -0.383. The molecule has 25 heavy (non-hydrogen) atoms. The van der Waals surface area contributed by atoms with Crippen molar-refractivity contribution in [3.05, 3.63) is 46.2 Å². The molecular weight excluding hydrogens is 322 g/mol. The average molecular weight is 345 g/mol. The molecule has 2 N–H and O–H groups in total. The Kier molecular flexibility index (Phi) is 8.68. The van der Waals surface area contributed by atoms with Crippen molar-refractivity contribution in [3.8, 4) is 6.07 Å². The molecule has 0 aromatic heterocycles. The minimum absolute atomic E-state index is 0.0557. The van der Waals surface area contributed by atoms with E-state index in [1.807, 2.05) is 0 Å². The van der Waals surface area contributed by atoms with Crippen molar-refractivity contribution in [2.24, 2.45) is 0 Å². The van der Waals surface area contributed by atoms with E-state index in [4.69, 9.17) is 5.26 Å². The Morgan fingerprint density at radius 1 is 1.36 bits per heavy atom. The molecule has 0 fully saturated rings. The molecule has 0 spiro atoms. The summed E-state index contributed by atoms with van der Waals surface area (Å²) in [5, 5.41) is 25.4. The number of nitrogens with zero attached hydrogens (tertiary/aromatic N) is 3. The second-order valence-electron chi connectivity index (χ2n) is 5.23. The van der Waals surface area contributed by atoms with Crippen LogP contribution in [0.5, 0.6) is 0 Å².